The Bertz CT molecular complexity index is 647. The van der Waals surface area contributed by atoms with Crippen molar-refractivity contribution in [2.45, 2.75) is 13.0 Å². The molecule has 1 aromatic heterocycles. The molecule has 7 heteroatoms. The predicted molar refractivity (Wildman–Crippen MR) is 70.0 cm³/mol. The van der Waals surface area contributed by atoms with Crippen molar-refractivity contribution in [3.05, 3.63) is 58.0 Å². The van der Waals surface area contributed by atoms with Gasteiger partial charge in [-0.2, -0.15) is 4.39 Å². The summed E-state index contributed by atoms with van der Waals surface area (Å²) in [4.78, 5) is 13.8. The zero-order chi connectivity index (χ0) is 14.7. The fourth-order valence-corrected chi connectivity index (χ4v) is 1.65. The smallest absolute Gasteiger partial charge is 0.305 e. The first-order chi connectivity index (χ1) is 9.49. The number of ether oxygens (including phenoxy) is 1. The van der Waals surface area contributed by atoms with E-state index in [9.17, 15) is 14.5 Å². The summed E-state index contributed by atoms with van der Waals surface area (Å²) in [5.74, 6) is -0.602. The summed E-state index contributed by atoms with van der Waals surface area (Å²) >= 11 is 0. The zero-order valence-corrected chi connectivity index (χ0v) is 10.6. The Morgan fingerprint density at radius 1 is 1.45 bits per heavy atom. The van der Waals surface area contributed by atoms with Crippen molar-refractivity contribution in [2.24, 2.45) is 5.73 Å². The molecule has 0 fully saturated rings. The van der Waals surface area contributed by atoms with E-state index in [2.05, 4.69) is 4.98 Å². The van der Waals surface area contributed by atoms with Crippen molar-refractivity contribution in [1.29, 1.82) is 0 Å². The highest BCUT2D eigenvalue weighted by molar-refractivity contribution is 5.40. The van der Waals surface area contributed by atoms with E-state index in [1.54, 1.807) is 19.1 Å². The Hall–Kier alpha value is -2.54. The Balaban J connectivity index is 2.31. The highest BCUT2D eigenvalue weighted by atomic mass is 19.1. The van der Waals surface area contributed by atoms with Gasteiger partial charge in [-0.1, -0.05) is 6.07 Å². The van der Waals surface area contributed by atoms with Crippen LogP contribution < -0.4 is 10.5 Å². The quantitative estimate of drug-likeness (QED) is 0.685. The fourth-order valence-electron chi connectivity index (χ4n) is 1.65. The van der Waals surface area contributed by atoms with Gasteiger partial charge in [0.25, 0.3) is 0 Å². The second-order valence-corrected chi connectivity index (χ2v) is 4.16. The van der Waals surface area contributed by atoms with Crippen LogP contribution >= 0.6 is 0 Å². The molecule has 0 aliphatic carbocycles. The lowest BCUT2D eigenvalue weighted by Crippen LogP contribution is -2.07. The van der Waals surface area contributed by atoms with Crippen molar-refractivity contribution in [3.63, 3.8) is 0 Å². The molecule has 1 aromatic carbocycles. The van der Waals surface area contributed by atoms with Crippen LogP contribution in [0.25, 0.3) is 0 Å². The van der Waals surface area contributed by atoms with E-state index in [-0.39, 0.29) is 17.7 Å². The van der Waals surface area contributed by atoms with Crippen LogP contribution in [0.5, 0.6) is 11.6 Å². The lowest BCUT2D eigenvalue weighted by molar-refractivity contribution is -0.387. The van der Waals surface area contributed by atoms with Gasteiger partial charge in [0.05, 0.1) is 4.92 Å². The minimum Gasteiger partial charge on any atom is -0.439 e. The van der Waals surface area contributed by atoms with Gasteiger partial charge in [-0.05, 0) is 19.1 Å². The standard InChI is InChI=1S/C13H12FN3O3/c1-8(15)10-3-2-6-16-13(10)20-9-4-5-12(17(18)19)11(14)7-9/h2-8H,15H2,1H3/t8-/m0/s1. The minimum absolute atomic E-state index is 0.119. The first-order valence-electron chi connectivity index (χ1n) is 5.81. The van der Waals surface area contributed by atoms with Crippen molar-refractivity contribution >= 4 is 5.69 Å². The number of aromatic nitrogens is 1. The average molecular weight is 277 g/mol. The maximum Gasteiger partial charge on any atom is 0.305 e. The third kappa shape index (κ3) is 2.89. The molecule has 0 unspecified atom stereocenters. The predicted octanol–water partition coefficient (Wildman–Crippen LogP) is 2.94. The summed E-state index contributed by atoms with van der Waals surface area (Å²) in [6.45, 7) is 1.76. The molecule has 104 valence electrons. The van der Waals surface area contributed by atoms with Gasteiger partial charge in [0, 0.05) is 29.9 Å². The number of hydrogen-bond donors (Lipinski definition) is 1. The number of pyridine rings is 1. The van der Waals surface area contributed by atoms with E-state index in [1.165, 1.54) is 12.3 Å². The Morgan fingerprint density at radius 3 is 2.80 bits per heavy atom. The third-order valence-electron chi connectivity index (χ3n) is 2.62. The van der Waals surface area contributed by atoms with Gasteiger partial charge in [0.2, 0.25) is 11.7 Å². The number of rotatable bonds is 4. The molecule has 0 bridgehead atoms. The summed E-state index contributed by atoms with van der Waals surface area (Å²) in [6.07, 6.45) is 1.52. The van der Waals surface area contributed by atoms with E-state index in [0.29, 0.717) is 5.56 Å². The van der Waals surface area contributed by atoms with E-state index in [4.69, 9.17) is 10.5 Å². The second kappa shape index (κ2) is 5.62. The number of hydrogen-bond acceptors (Lipinski definition) is 5. The van der Waals surface area contributed by atoms with Gasteiger partial charge < -0.3 is 10.5 Å². The summed E-state index contributed by atoms with van der Waals surface area (Å²) in [6, 6.07) is 6.44. The van der Waals surface area contributed by atoms with Crippen molar-refractivity contribution in [1.82, 2.24) is 4.98 Å². The first kappa shape index (κ1) is 13.9. The molecular weight excluding hydrogens is 265 g/mol. The molecule has 2 N–H and O–H groups in total. The van der Waals surface area contributed by atoms with E-state index in [0.717, 1.165) is 12.1 Å². The molecule has 0 radical (unpaired) electrons. The van der Waals surface area contributed by atoms with Gasteiger partial charge in [0.15, 0.2) is 0 Å². The molecule has 1 heterocycles. The minimum atomic E-state index is -0.967. The Kier molecular flexibility index (Phi) is 3.90. The number of benzene rings is 1. The summed E-state index contributed by atoms with van der Waals surface area (Å²) in [5.41, 5.74) is 5.83. The Morgan fingerprint density at radius 2 is 2.20 bits per heavy atom. The fraction of sp³-hybridized carbons (Fsp3) is 0.154. The molecule has 0 spiro atoms. The SMILES string of the molecule is C[C@H](N)c1cccnc1Oc1ccc([N+](=O)[O-])c(F)c1. The van der Waals surface area contributed by atoms with Crippen molar-refractivity contribution in [2.75, 3.05) is 0 Å². The third-order valence-corrected chi connectivity index (χ3v) is 2.62. The summed E-state index contributed by atoms with van der Waals surface area (Å²) in [5, 5.41) is 10.5. The van der Waals surface area contributed by atoms with Crippen molar-refractivity contribution in [3.8, 4) is 11.6 Å². The van der Waals surface area contributed by atoms with Gasteiger partial charge in [-0.25, -0.2) is 4.98 Å². The van der Waals surface area contributed by atoms with Crippen LogP contribution in [-0.2, 0) is 0 Å². The molecule has 0 saturated carbocycles. The van der Waals surface area contributed by atoms with Gasteiger partial charge in [-0.3, -0.25) is 10.1 Å². The van der Waals surface area contributed by atoms with Crippen LogP contribution in [0.4, 0.5) is 10.1 Å². The zero-order valence-electron chi connectivity index (χ0n) is 10.6. The van der Waals surface area contributed by atoms with E-state index < -0.39 is 16.4 Å². The maximum atomic E-state index is 13.5. The number of halogens is 1. The molecule has 0 aliphatic heterocycles. The lowest BCUT2D eigenvalue weighted by Gasteiger charge is -2.12. The van der Waals surface area contributed by atoms with Crippen LogP contribution in [0.2, 0.25) is 0 Å². The van der Waals surface area contributed by atoms with E-state index >= 15 is 0 Å². The largest absolute Gasteiger partial charge is 0.439 e. The van der Waals surface area contributed by atoms with E-state index in [1.807, 2.05) is 0 Å². The number of nitrogens with two attached hydrogens (primary N) is 1. The van der Waals surface area contributed by atoms with Gasteiger partial charge in [-0.15, -0.1) is 0 Å². The first-order valence-corrected chi connectivity index (χ1v) is 5.81. The van der Waals surface area contributed by atoms with Crippen LogP contribution in [0.3, 0.4) is 0 Å². The van der Waals surface area contributed by atoms with Gasteiger partial charge in [0.1, 0.15) is 5.75 Å². The molecular formula is C13H12FN3O3. The summed E-state index contributed by atoms with van der Waals surface area (Å²) in [7, 11) is 0. The van der Waals surface area contributed by atoms with Crippen LogP contribution in [-0.4, -0.2) is 9.91 Å². The molecule has 2 aromatic rings. The second-order valence-electron chi connectivity index (χ2n) is 4.16. The number of nitro groups is 1. The van der Waals surface area contributed by atoms with Crippen LogP contribution in [0, 0.1) is 15.9 Å². The highest BCUT2D eigenvalue weighted by Gasteiger charge is 2.16. The average Bonchev–Trinajstić information content (AvgIpc) is 2.38. The summed E-state index contributed by atoms with van der Waals surface area (Å²) < 4.78 is 18.9. The monoisotopic (exact) mass is 277 g/mol. The lowest BCUT2D eigenvalue weighted by atomic mass is 10.1. The highest BCUT2D eigenvalue weighted by Crippen LogP contribution is 2.29. The molecule has 0 amide bonds. The molecule has 0 saturated heterocycles. The maximum absolute atomic E-state index is 13.5. The topological polar surface area (TPSA) is 91.3 Å². The van der Waals surface area contributed by atoms with Gasteiger partial charge >= 0.3 is 5.69 Å². The number of nitrogens with zero attached hydrogens (tertiary/aromatic N) is 2. The number of nitro benzene ring substituents is 1. The van der Waals surface area contributed by atoms with Crippen LogP contribution in [0.1, 0.15) is 18.5 Å². The van der Waals surface area contributed by atoms with Crippen molar-refractivity contribution < 1.29 is 14.1 Å². The Labute approximate surface area is 114 Å². The molecule has 1 atom stereocenters. The molecule has 0 aliphatic rings. The normalized spacial score (nSPS) is 11.9. The molecule has 6 nitrogen and oxygen atoms in total. The van der Waals surface area contributed by atoms with Crippen LogP contribution in [0.15, 0.2) is 36.5 Å². The molecule has 2 rings (SSSR count). The molecule has 20 heavy (non-hydrogen) atoms.